The standard InChI is InChI=1S/C23H28N2O6S/c1-4-31-23(27)17-7-9-19(10-8-17)24-22(26)18-6-5-13-25(15-18)32(28,29)20-11-12-21(30-3)16(2)14-20/h7-12,14,18H,4-6,13,15H2,1-3H3,(H,24,26). The van der Waals surface area contributed by atoms with Gasteiger partial charge in [-0.2, -0.15) is 4.31 Å². The van der Waals surface area contributed by atoms with Crippen LogP contribution in [0.3, 0.4) is 0 Å². The highest BCUT2D eigenvalue weighted by atomic mass is 32.2. The summed E-state index contributed by atoms with van der Waals surface area (Å²) in [7, 11) is -2.19. The third-order valence-corrected chi connectivity index (χ3v) is 7.28. The number of rotatable bonds is 7. The number of hydrogen-bond donors (Lipinski definition) is 1. The van der Waals surface area contributed by atoms with E-state index in [0.717, 1.165) is 5.56 Å². The number of carbonyl (C=O) groups excluding carboxylic acids is 2. The van der Waals surface area contributed by atoms with Crippen LogP contribution in [0.25, 0.3) is 0 Å². The molecular formula is C23H28N2O6S. The van der Waals surface area contributed by atoms with Crippen LogP contribution in [-0.4, -0.2) is 51.4 Å². The maximum Gasteiger partial charge on any atom is 0.338 e. The lowest BCUT2D eigenvalue weighted by Gasteiger charge is -2.31. The Hall–Kier alpha value is -2.91. The number of methoxy groups -OCH3 is 1. The molecule has 1 amide bonds. The van der Waals surface area contributed by atoms with Gasteiger partial charge < -0.3 is 14.8 Å². The van der Waals surface area contributed by atoms with Crippen LogP contribution in [0.5, 0.6) is 5.75 Å². The van der Waals surface area contributed by atoms with Gasteiger partial charge in [0.15, 0.2) is 0 Å². The number of aryl methyl sites for hydroxylation is 1. The molecule has 0 bridgehead atoms. The minimum atomic E-state index is -3.72. The van der Waals surface area contributed by atoms with E-state index in [2.05, 4.69) is 5.32 Å². The molecule has 1 aliphatic heterocycles. The molecule has 2 aromatic rings. The quantitative estimate of drug-likeness (QED) is 0.637. The molecule has 1 heterocycles. The van der Waals surface area contributed by atoms with Crippen LogP contribution < -0.4 is 10.1 Å². The zero-order valence-corrected chi connectivity index (χ0v) is 19.3. The maximum absolute atomic E-state index is 13.1. The highest BCUT2D eigenvalue weighted by Crippen LogP contribution is 2.27. The number of anilines is 1. The number of nitrogens with one attached hydrogen (secondary N) is 1. The van der Waals surface area contributed by atoms with Gasteiger partial charge in [-0.05, 0) is 74.7 Å². The molecular weight excluding hydrogens is 432 g/mol. The summed E-state index contributed by atoms with van der Waals surface area (Å²) >= 11 is 0. The number of esters is 1. The van der Waals surface area contributed by atoms with Crippen molar-refractivity contribution in [2.24, 2.45) is 5.92 Å². The molecule has 2 aromatic carbocycles. The average molecular weight is 461 g/mol. The van der Waals surface area contributed by atoms with Crippen LogP contribution in [0.2, 0.25) is 0 Å². The Balaban J connectivity index is 1.68. The van der Waals surface area contributed by atoms with Gasteiger partial charge in [-0.15, -0.1) is 0 Å². The molecule has 0 radical (unpaired) electrons. The third-order valence-electron chi connectivity index (χ3n) is 5.42. The summed E-state index contributed by atoms with van der Waals surface area (Å²) in [6, 6.07) is 11.2. The SMILES string of the molecule is CCOC(=O)c1ccc(NC(=O)C2CCCN(S(=O)(=O)c3ccc(OC)c(C)c3)C2)cc1. The molecule has 172 valence electrons. The number of amides is 1. The molecule has 0 aromatic heterocycles. The highest BCUT2D eigenvalue weighted by Gasteiger charge is 2.33. The van der Waals surface area contributed by atoms with Crippen LogP contribution in [0.15, 0.2) is 47.4 Å². The van der Waals surface area contributed by atoms with Gasteiger partial charge in [0, 0.05) is 18.8 Å². The second-order valence-corrected chi connectivity index (χ2v) is 9.56. The molecule has 0 saturated carbocycles. The van der Waals surface area contributed by atoms with Crippen molar-refractivity contribution >= 4 is 27.6 Å². The highest BCUT2D eigenvalue weighted by molar-refractivity contribution is 7.89. The first kappa shape index (κ1) is 23.7. The van der Waals surface area contributed by atoms with E-state index in [1.165, 1.54) is 17.5 Å². The van der Waals surface area contributed by atoms with E-state index in [-0.39, 0.29) is 24.0 Å². The van der Waals surface area contributed by atoms with Crippen molar-refractivity contribution in [1.82, 2.24) is 4.31 Å². The molecule has 1 saturated heterocycles. The van der Waals surface area contributed by atoms with Crippen molar-refractivity contribution in [1.29, 1.82) is 0 Å². The van der Waals surface area contributed by atoms with E-state index in [9.17, 15) is 18.0 Å². The lowest BCUT2D eigenvalue weighted by atomic mass is 9.98. The number of nitrogens with zero attached hydrogens (tertiary/aromatic N) is 1. The largest absolute Gasteiger partial charge is 0.496 e. The lowest BCUT2D eigenvalue weighted by molar-refractivity contribution is -0.120. The summed E-state index contributed by atoms with van der Waals surface area (Å²) in [6.07, 6.45) is 1.19. The van der Waals surface area contributed by atoms with E-state index in [1.807, 2.05) is 0 Å². The average Bonchev–Trinajstić information content (AvgIpc) is 2.79. The van der Waals surface area contributed by atoms with Gasteiger partial charge in [-0.1, -0.05) is 0 Å². The Kier molecular flexibility index (Phi) is 7.52. The first-order valence-electron chi connectivity index (χ1n) is 10.5. The molecule has 8 nitrogen and oxygen atoms in total. The van der Waals surface area contributed by atoms with Crippen molar-refractivity contribution in [3.63, 3.8) is 0 Å². The first-order valence-corrected chi connectivity index (χ1v) is 11.9. The molecule has 0 aliphatic carbocycles. The van der Waals surface area contributed by atoms with E-state index < -0.39 is 21.9 Å². The summed E-state index contributed by atoms with van der Waals surface area (Å²) in [4.78, 5) is 24.7. The molecule has 1 fully saturated rings. The zero-order valence-electron chi connectivity index (χ0n) is 18.5. The summed E-state index contributed by atoms with van der Waals surface area (Å²) in [5, 5.41) is 2.82. The number of piperidine rings is 1. The molecule has 1 aliphatic rings. The molecule has 32 heavy (non-hydrogen) atoms. The molecule has 3 rings (SSSR count). The minimum absolute atomic E-state index is 0.111. The third kappa shape index (κ3) is 5.28. The van der Waals surface area contributed by atoms with Gasteiger partial charge in [-0.3, -0.25) is 4.79 Å². The maximum atomic E-state index is 13.1. The molecule has 1 N–H and O–H groups in total. The van der Waals surface area contributed by atoms with Crippen LogP contribution in [0.1, 0.15) is 35.7 Å². The number of benzene rings is 2. The molecule has 1 atom stereocenters. The summed E-state index contributed by atoms with van der Waals surface area (Å²) in [5.74, 6) is -0.525. The van der Waals surface area contributed by atoms with Crippen molar-refractivity contribution in [3.8, 4) is 5.75 Å². The predicted octanol–water partition coefficient (Wildman–Crippen LogP) is 3.22. The first-order chi connectivity index (χ1) is 15.3. The van der Waals surface area contributed by atoms with Crippen LogP contribution in [-0.2, 0) is 19.6 Å². The molecule has 9 heteroatoms. The summed E-state index contributed by atoms with van der Waals surface area (Å²) < 4.78 is 37.8. The second kappa shape index (κ2) is 10.1. The van der Waals surface area contributed by atoms with Gasteiger partial charge in [0.2, 0.25) is 15.9 Å². The van der Waals surface area contributed by atoms with Gasteiger partial charge >= 0.3 is 5.97 Å². The van der Waals surface area contributed by atoms with Crippen LogP contribution in [0, 0.1) is 12.8 Å². The van der Waals surface area contributed by atoms with Gasteiger partial charge in [-0.25, -0.2) is 13.2 Å². The Morgan fingerprint density at radius 2 is 1.88 bits per heavy atom. The second-order valence-electron chi connectivity index (χ2n) is 7.62. The molecule has 1 unspecified atom stereocenters. The zero-order chi connectivity index (χ0) is 23.3. The van der Waals surface area contributed by atoms with Crippen LogP contribution in [0.4, 0.5) is 5.69 Å². The van der Waals surface area contributed by atoms with Crippen molar-refractivity contribution in [2.45, 2.75) is 31.6 Å². The van der Waals surface area contributed by atoms with E-state index >= 15 is 0 Å². The number of sulfonamides is 1. The van der Waals surface area contributed by atoms with Crippen LogP contribution >= 0.6 is 0 Å². The number of hydrogen-bond acceptors (Lipinski definition) is 6. The topological polar surface area (TPSA) is 102 Å². The summed E-state index contributed by atoms with van der Waals surface area (Å²) in [6.45, 7) is 4.29. The van der Waals surface area contributed by atoms with E-state index in [4.69, 9.17) is 9.47 Å². The Morgan fingerprint density at radius 3 is 2.50 bits per heavy atom. The Bertz CT molecular complexity index is 1080. The van der Waals surface area contributed by atoms with E-state index in [1.54, 1.807) is 50.2 Å². The number of carbonyl (C=O) groups is 2. The predicted molar refractivity (Wildman–Crippen MR) is 120 cm³/mol. The van der Waals surface area contributed by atoms with E-state index in [0.29, 0.717) is 36.4 Å². The Morgan fingerprint density at radius 1 is 1.16 bits per heavy atom. The monoisotopic (exact) mass is 460 g/mol. The van der Waals surface area contributed by atoms with Gasteiger partial charge in [0.1, 0.15) is 5.75 Å². The lowest BCUT2D eigenvalue weighted by Crippen LogP contribution is -2.43. The van der Waals surface area contributed by atoms with Gasteiger partial charge in [0.25, 0.3) is 0 Å². The minimum Gasteiger partial charge on any atom is -0.496 e. The smallest absolute Gasteiger partial charge is 0.338 e. The fourth-order valence-electron chi connectivity index (χ4n) is 3.68. The number of ether oxygens (including phenoxy) is 2. The van der Waals surface area contributed by atoms with Crippen molar-refractivity contribution < 1.29 is 27.5 Å². The normalized spacial score (nSPS) is 16.9. The van der Waals surface area contributed by atoms with Crippen molar-refractivity contribution in [2.75, 3.05) is 32.1 Å². The van der Waals surface area contributed by atoms with Gasteiger partial charge in [0.05, 0.1) is 30.1 Å². The fourth-order valence-corrected chi connectivity index (χ4v) is 5.29. The summed E-state index contributed by atoms with van der Waals surface area (Å²) in [5.41, 5.74) is 1.66. The van der Waals surface area contributed by atoms with Crippen molar-refractivity contribution in [3.05, 3.63) is 53.6 Å². The fraction of sp³-hybridized carbons (Fsp3) is 0.391. The Labute approximate surface area is 188 Å². The molecule has 0 spiro atoms.